The molecule has 0 unspecified atom stereocenters. The van der Waals surface area contributed by atoms with Crippen molar-refractivity contribution in [3.05, 3.63) is 68.0 Å². The number of nitro groups is 1. The first-order valence-electron chi connectivity index (χ1n) is 10.1. The van der Waals surface area contributed by atoms with E-state index in [0.29, 0.717) is 28.4 Å². The monoisotopic (exact) mass is 450 g/mol. The van der Waals surface area contributed by atoms with E-state index in [-0.39, 0.29) is 18.0 Å². The summed E-state index contributed by atoms with van der Waals surface area (Å²) in [4.78, 5) is 32.3. The van der Waals surface area contributed by atoms with Crippen LogP contribution in [-0.4, -0.2) is 30.4 Å². The number of aryl methyl sites for hydroxylation is 4. The number of aromatic nitrogens is 4. The Morgan fingerprint density at radius 2 is 1.97 bits per heavy atom. The van der Waals surface area contributed by atoms with Gasteiger partial charge in [0.25, 0.3) is 5.69 Å². The number of rotatable bonds is 6. The third-order valence-corrected chi connectivity index (χ3v) is 6.10. The molecule has 32 heavy (non-hydrogen) atoms. The molecular formula is C22H22N6O3S. The Labute approximate surface area is 188 Å². The van der Waals surface area contributed by atoms with E-state index in [2.05, 4.69) is 20.4 Å². The summed E-state index contributed by atoms with van der Waals surface area (Å²) in [7, 11) is 0. The molecule has 3 heterocycles. The first kappa shape index (κ1) is 21.6. The Bertz CT molecular complexity index is 1360. The quantitative estimate of drug-likeness (QED) is 0.340. The Morgan fingerprint density at radius 1 is 1.19 bits per heavy atom. The molecule has 0 radical (unpaired) electrons. The minimum Gasteiger partial charge on any atom is -0.302 e. The van der Waals surface area contributed by atoms with Gasteiger partial charge in [-0.05, 0) is 39.7 Å². The number of thiazole rings is 1. The molecule has 0 fully saturated rings. The van der Waals surface area contributed by atoms with Crippen LogP contribution >= 0.6 is 11.3 Å². The highest BCUT2D eigenvalue weighted by Gasteiger charge is 2.16. The molecule has 4 rings (SSSR count). The normalized spacial score (nSPS) is 11.1. The molecule has 9 nitrogen and oxygen atoms in total. The van der Waals surface area contributed by atoms with Gasteiger partial charge >= 0.3 is 0 Å². The average molecular weight is 451 g/mol. The molecule has 3 aromatic heterocycles. The maximum atomic E-state index is 12.5. The molecule has 1 N–H and O–H groups in total. The lowest BCUT2D eigenvalue weighted by molar-refractivity contribution is -0.385. The highest BCUT2D eigenvalue weighted by atomic mass is 32.1. The van der Waals surface area contributed by atoms with E-state index >= 15 is 0 Å². The third kappa shape index (κ3) is 4.22. The van der Waals surface area contributed by atoms with Crippen molar-refractivity contribution in [1.82, 2.24) is 19.6 Å². The van der Waals surface area contributed by atoms with Crippen LogP contribution in [-0.2, 0) is 11.2 Å². The fourth-order valence-electron chi connectivity index (χ4n) is 3.65. The topological polar surface area (TPSA) is 115 Å². The Morgan fingerprint density at radius 3 is 2.72 bits per heavy atom. The van der Waals surface area contributed by atoms with E-state index in [0.717, 1.165) is 28.3 Å². The minimum absolute atomic E-state index is 0.0461. The predicted octanol–water partition coefficient (Wildman–Crippen LogP) is 4.57. The summed E-state index contributed by atoms with van der Waals surface area (Å²) < 4.78 is 1.81. The number of anilines is 1. The van der Waals surface area contributed by atoms with Crippen molar-refractivity contribution < 1.29 is 9.72 Å². The van der Waals surface area contributed by atoms with Crippen molar-refractivity contribution in [2.24, 2.45) is 0 Å². The van der Waals surface area contributed by atoms with Gasteiger partial charge in [-0.25, -0.2) is 14.5 Å². The first-order valence-corrected chi connectivity index (χ1v) is 10.9. The maximum Gasteiger partial charge on any atom is 0.272 e. The van der Waals surface area contributed by atoms with Crippen LogP contribution in [0.15, 0.2) is 29.6 Å². The van der Waals surface area contributed by atoms with Gasteiger partial charge in [0.15, 0.2) is 10.8 Å². The molecule has 1 aromatic carbocycles. The molecule has 0 saturated heterocycles. The van der Waals surface area contributed by atoms with Crippen molar-refractivity contribution in [3.63, 3.8) is 0 Å². The van der Waals surface area contributed by atoms with Crippen molar-refractivity contribution in [1.29, 1.82) is 0 Å². The van der Waals surface area contributed by atoms with Gasteiger partial charge < -0.3 is 5.32 Å². The molecule has 0 saturated carbocycles. The lowest BCUT2D eigenvalue weighted by Crippen LogP contribution is -2.14. The number of nitrogens with zero attached hydrogens (tertiary/aromatic N) is 5. The van der Waals surface area contributed by atoms with E-state index in [1.54, 1.807) is 24.4 Å². The first-order chi connectivity index (χ1) is 15.2. The molecule has 10 heteroatoms. The van der Waals surface area contributed by atoms with Gasteiger partial charge in [-0.1, -0.05) is 12.1 Å². The minimum atomic E-state index is -0.408. The smallest absolute Gasteiger partial charge is 0.272 e. The van der Waals surface area contributed by atoms with Crippen LogP contribution in [0.5, 0.6) is 0 Å². The van der Waals surface area contributed by atoms with Gasteiger partial charge in [-0.15, -0.1) is 11.3 Å². The summed E-state index contributed by atoms with van der Waals surface area (Å²) in [6, 6.07) is 6.91. The van der Waals surface area contributed by atoms with E-state index in [4.69, 9.17) is 0 Å². The SMILES string of the molecule is Cc1cc2nc(C)c(CCC(=O)Nc3nc(-c4ccc(C)c([N+](=O)[O-])c4)cs3)c(C)n2n1. The van der Waals surface area contributed by atoms with Gasteiger partial charge in [0.2, 0.25) is 5.91 Å². The summed E-state index contributed by atoms with van der Waals surface area (Å²) in [5.74, 6) is -0.156. The Kier molecular flexibility index (Phi) is 5.70. The molecular weight excluding hydrogens is 428 g/mol. The molecule has 0 aliphatic carbocycles. The number of carbonyl (C=O) groups is 1. The number of hydrogen-bond acceptors (Lipinski definition) is 7. The van der Waals surface area contributed by atoms with Crippen LogP contribution in [0, 0.1) is 37.8 Å². The van der Waals surface area contributed by atoms with Crippen LogP contribution in [0.2, 0.25) is 0 Å². The summed E-state index contributed by atoms with van der Waals surface area (Å²) in [6.45, 7) is 7.54. The standard InChI is InChI=1S/C22H22N6O3S/c1-12-5-6-16(10-19(12)28(30)31)18-11-32-22(24-18)25-21(29)8-7-17-14(3)23-20-9-13(2)26-27(20)15(17)4/h5-6,9-11H,7-8H2,1-4H3,(H,24,25,29). The second-order valence-corrected chi connectivity index (χ2v) is 8.52. The molecule has 4 aromatic rings. The van der Waals surface area contributed by atoms with Crippen LogP contribution in [0.4, 0.5) is 10.8 Å². The third-order valence-electron chi connectivity index (χ3n) is 5.34. The van der Waals surface area contributed by atoms with Crippen LogP contribution in [0.25, 0.3) is 16.9 Å². The predicted molar refractivity (Wildman–Crippen MR) is 123 cm³/mol. The van der Waals surface area contributed by atoms with Gasteiger partial charge in [-0.2, -0.15) is 5.10 Å². The summed E-state index contributed by atoms with van der Waals surface area (Å²) in [5.41, 5.74) is 6.43. The number of carbonyl (C=O) groups excluding carboxylic acids is 1. The molecule has 164 valence electrons. The van der Waals surface area contributed by atoms with E-state index in [1.165, 1.54) is 17.4 Å². The molecule has 0 aliphatic heterocycles. The Hall–Kier alpha value is -3.66. The van der Waals surface area contributed by atoms with Gasteiger partial charge in [-0.3, -0.25) is 14.9 Å². The summed E-state index contributed by atoms with van der Waals surface area (Å²) >= 11 is 1.28. The fourth-order valence-corrected chi connectivity index (χ4v) is 4.39. The van der Waals surface area contributed by atoms with Gasteiger partial charge in [0.1, 0.15) is 0 Å². The van der Waals surface area contributed by atoms with Crippen molar-refractivity contribution in [3.8, 4) is 11.3 Å². The Balaban J connectivity index is 1.45. The number of fused-ring (bicyclic) bond motifs is 1. The van der Waals surface area contributed by atoms with E-state index in [1.807, 2.05) is 31.4 Å². The fraction of sp³-hybridized carbons (Fsp3) is 0.273. The molecule has 0 spiro atoms. The lowest BCUT2D eigenvalue weighted by atomic mass is 10.1. The zero-order valence-electron chi connectivity index (χ0n) is 18.2. The van der Waals surface area contributed by atoms with Crippen molar-refractivity contribution >= 4 is 33.7 Å². The lowest BCUT2D eigenvalue weighted by Gasteiger charge is -2.10. The number of amides is 1. The zero-order valence-corrected chi connectivity index (χ0v) is 19.0. The van der Waals surface area contributed by atoms with Crippen LogP contribution < -0.4 is 5.32 Å². The maximum absolute atomic E-state index is 12.5. The van der Waals surface area contributed by atoms with Crippen LogP contribution in [0.1, 0.15) is 34.6 Å². The van der Waals surface area contributed by atoms with Crippen LogP contribution in [0.3, 0.4) is 0 Å². The largest absolute Gasteiger partial charge is 0.302 e. The molecule has 0 bridgehead atoms. The number of benzene rings is 1. The van der Waals surface area contributed by atoms with E-state index < -0.39 is 4.92 Å². The highest BCUT2D eigenvalue weighted by molar-refractivity contribution is 7.14. The molecule has 0 atom stereocenters. The molecule has 1 amide bonds. The average Bonchev–Trinajstić information content (AvgIpc) is 3.34. The van der Waals surface area contributed by atoms with Crippen molar-refractivity contribution in [2.75, 3.05) is 5.32 Å². The zero-order chi connectivity index (χ0) is 23.0. The summed E-state index contributed by atoms with van der Waals surface area (Å²) in [6.07, 6.45) is 0.813. The van der Waals surface area contributed by atoms with Gasteiger partial charge in [0, 0.05) is 46.4 Å². The second kappa shape index (κ2) is 8.46. The summed E-state index contributed by atoms with van der Waals surface area (Å²) in [5, 5.41) is 20.7. The highest BCUT2D eigenvalue weighted by Crippen LogP contribution is 2.29. The number of nitrogens with one attached hydrogen (secondary N) is 1. The second-order valence-electron chi connectivity index (χ2n) is 7.66. The van der Waals surface area contributed by atoms with Gasteiger partial charge in [0.05, 0.1) is 16.3 Å². The van der Waals surface area contributed by atoms with E-state index in [9.17, 15) is 14.9 Å². The number of hydrogen-bond donors (Lipinski definition) is 1. The number of nitro benzene ring substituents is 1. The molecule has 0 aliphatic rings. The van der Waals surface area contributed by atoms with Crippen molar-refractivity contribution in [2.45, 2.75) is 40.5 Å².